The van der Waals surface area contributed by atoms with E-state index in [2.05, 4.69) is 27.3 Å². The molecule has 1 aliphatic rings. The Morgan fingerprint density at radius 2 is 1.88 bits per heavy atom. The Hall–Kier alpha value is -2.69. The van der Waals surface area contributed by atoms with Gasteiger partial charge in [0.05, 0.1) is 14.2 Å². The van der Waals surface area contributed by atoms with Crippen LogP contribution in [0, 0.1) is 0 Å². The molecule has 0 saturated carbocycles. The lowest BCUT2D eigenvalue weighted by Crippen LogP contribution is -2.39. The third-order valence-electron chi connectivity index (χ3n) is 5.27. The molecule has 9 heteroatoms. The molecule has 1 aliphatic heterocycles. The van der Waals surface area contributed by atoms with E-state index in [-0.39, 0.29) is 30.6 Å². The van der Waals surface area contributed by atoms with Crippen molar-refractivity contribution in [3.8, 4) is 17.2 Å². The quantitative estimate of drug-likeness (QED) is 0.296. The van der Waals surface area contributed by atoms with Crippen molar-refractivity contribution >= 4 is 35.8 Å². The predicted octanol–water partition coefficient (Wildman–Crippen LogP) is 2.75. The number of carbonyl (C=O) groups is 1. The number of carbonyl (C=O) groups excluding carboxylic acids is 1. The fourth-order valence-corrected chi connectivity index (χ4v) is 3.70. The van der Waals surface area contributed by atoms with Gasteiger partial charge in [-0.25, -0.2) is 0 Å². The number of hydrogen-bond acceptors (Lipinski definition) is 5. The summed E-state index contributed by atoms with van der Waals surface area (Å²) >= 11 is 0. The van der Waals surface area contributed by atoms with Gasteiger partial charge in [-0.05, 0) is 41.8 Å². The zero-order valence-electron chi connectivity index (χ0n) is 18.7. The van der Waals surface area contributed by atoms with E-state index >= 15 is 0 Å². The number of hydrogen-bond donors (Lipinski definition) is 2. The van der Waals surface area contributed by atoms with Crippen LogP contribution in [0.3, 0.4) is 0 Å². The van der Waals surface area contributed by atoms with Crippen molar-refractivity contribution in [2.75, 3.05) is 41.0 Å². The fourth-order valence-electron chi connectivity index (χ4n) is 3.70. The molecular weight excluding hydrogens is 523 g/mol. The van der Waals surface area contributed by atoms with Gasteiger partial charge in [0.1, 0.15) is 17.2 Å². The molecule has 1 atom stereocenters. The molecule has 3 N–H and O–H groups in total. The number of ether oxygens (including phenoxy) is 3. The largest absolute Gasteiger partial charge is 0.497 e. The molecule has 2 aromatic rings. The van der Waals surface area contributed by atoms with Crippen molar-refractivity contribution in [3.63, 3.8) is 0 Å². The molecule has 0 radical (unpaired) electrons. The van der Waals surface area contributed by atoms with Gasteiger partial charge in [0, 0.05) is 38.7 Å². The first-order valence-corrected chi connectivity index (χ1v) is 10.2. The molecule has 32 heavy (non-hydrogen) atoms. The van der Waals surface area contributed by atoms with Crippen LogP contribution in [-0.4, -0.2) is 57.7 Å². The molecule has 0 spiro atoms. The minimum absolute atomic E-state index is 0. The van der Waals surface area contributed by atoms with E-state index in [9.17, 15) is 4.79 Å². The topological polar surface area (TPSA) is 98.4 Å². The number of amides is 1. The summed E-state index contributed by atoms with van der Waals surface area (Å²) in [6.45, 7) is 2.22. The number of aliphatic imine (C=N–C) groups is 1. The Balaban J connectivity index is 0.00000363. The van der Waals surface area contributed by atoms with E-state index in [4.69, 9.17) is 19.9 Å². The molecule has 1 fully saturated rings. The maximum absolute atomic E-state index is 10.9. The minimum atomic E-state index is -0.499. The normalized spacial score (nSPS) is 15.7. The summed E-state index contributed by atoms with van der Waals surface area (Å²) in [6, 6.07) is 13.6. The van der Waals surface area contributed by atoms with Crippen molar-refractivity contribution < 1.29 is 19.0 Å². The van der Waals surface area contributed by atoms with Gasteiger partial charge >= 0.3 is 0 Å². The summed E-state index contributed by atoms with van der Waals surface area (Å²) in [6.07, 6.45) is 1.02. The number of guanidine groups is 1. The van der Waals surface area contributed by atoms with E-state index in [0.29, 0.717) is 18.2 Å². The Morgan fingerprint density at radius 1 is 1.16 bits per heavy atom. The molecule has 2 aromatic carbocycles. The zero-order valence-corrected chi connectivity index (χ0v) is 21.0. The van der Waals surface area contributed by atoms with Crippen molar-refractivity contribution in [2.24, 2.45) is 10.7 Å². The summed E-state index contributed by atoms with van der Waals surface area (Å²) < 4.78 is 16.2. The molecule has 0 bridgehead atoms. The average Bonchev–Trinajstić information content (AvgIpc) is 3.28. The number of nitrogens with one attached hydrogen (secondary N) is 1. The van der Waals surface area contributed by atoms with Crippen LogP contribution in [-0.2, 0) is 11.3 Å². The first kappa shape index (κ1) is 25.6. The number of methoxy groups -OCH3 is 2. The fraction of sp³-hybridized carbons (Fsp3) is 0.391. The van der Waals surface area contributed by atoms with Gasteiger partial charge in [-0.2, -0.15) is 0 Å². The average molecular weight is 554 g/mol. The molecule has 8 nitrogen and oxygen atoms in total. The van der Waals surface area contributed by atoms with Gasteiger partial charge < -0.3 is 30.2 Å². The van der Waals surface area contributed by atoms with E-state index in [1.807, 2.05) is 24.3 Å². The highest BCUT2D eigenvalue weighted by atomic mass is 127. The molecule has 3 rings (SSSR count). The van der Waals surface area contributed by atoms with E-state index < -0.39 is 5.91 Å². The SMILES string of the molecule is CN=C(NCc1cccc(OCC(N)=O)c1)N1CCC(c2cc(OC)cc(OC)c2)C1.I. The van der Waals surface area contributed by atoms with Crippen LogP contribution in [0.4, 0.5) is 0 Å². The third-order valence-corrected chi connectivity index (χ3v) is 5.27. The van der Waals surface area contributed by atoms with Gasteiger partial charge in [0.2, 0.25) is 0 Å². The number of likely N-dealkylation sites (tertiary alicyclic amines) is 1. The number of primary amides is 1. The molecule has 174 valence electrons. The number of rotatable bonds is 8. The second-order valence-corrected chi connectivity index (χ2v) is 7.38. The summed E-state index contributed by atoms with van der Waals surface area (Å²) in [4.78, 5) is 17.6. The van der Waals surface area contributed by atoms with Crippen LogP contribution >= 0.6 is 24.0 Å². The van der Waals surface area contributed by atoms with Crippen molar-refractivity contribution in [3.05, 3.63) is 53.6 Å². The van der Waals surface area contributed by atoms with Crippen LogP contribution in [0.25, 0.3) is 0 Å². The number of benzene rings is 2. The van der Waals surface area contributed by atoms with Crippen molar-refractivity contribution in [1.82, 2.24) is 10.2 Å². The minimum Gasteiger partial charge on any atom is -0.497 e. The van der Waals surface area contributed by atoms with E-state index in [1.165, 1.54) is 5.56 Å². The summed E-state index contributed by atoms with van der Waals surface area (Å²) in [7, 11) is 5.12. The predicted molar refractivity (Wildman–Crippen MR) is 135 cm³/mol. The lowest BCUT2D eigenvalue weighted by molar-refractivity contribution is -0.119. The summed E-state index contributed by atoms with van der Waals surface area (Å²) in [5.41, 5.74) is 7.37. The smallest absolute Gasteiger partial charge is 0.255 e. The Kier molecular flexibility index (Phi) is 9.89. The summed E-state index contributed by atoms with van der Waals surface area (Å²) in [5, 5.41) is 3.42. The second kappa shape index (κ2) is 12.4. The number of nitrogens with two attached hydrogens (primary N) is 1. The maximum atomic E-state index is 10.9. The highest BCUT2D eigenvalue weighted by Crippen LogP contribution is 2.32. The molecule has 0 aromatic heterocycles. The standard InChI is InChI=1S/C23H30N4O4.HI/c1-25-23(26-13-16-5-4-6-19(9-16)31-15-22(24)28)27-8-7-17(14-27)18-10-20(29-2)12-21(11-18)30-3;/h4-6,9-12,17H,7-8,13-15H2,1-3H3,(H2,24,28)(H,25,26);1H. The lowest BCUT2D eigenvalue weighted by Gasteiger charge is -2.22. The second-order valence-electron chi connectivity index (χ2n) is 7.38. The lowest BCUT2D eigenvalue weighted by atomic mass is 9.98. The molecular formula is C23H31IN4O4. The first-order chi connectivity index (χ1) is 15.0. The van der Waals surface area contributed by atoms with E-state index in [1.54, 1.807) is 27.3 Å². The Labute approximate surface area is 206 Å². The van der Waals surface area contributed by atoms with Gasteiger partial charge in [-0.1, -0.05) is 12.1 Å². The highest BCUT2D eigenvalue weighted by molar-refractivity contribution is 14.0. The highest BCUT2D eigenvalue weighted by Gasteiger charge is 2.27. The molecule has 1 heterocycles. The molecule has 1 saturated heterocycles. The van der Waals surface area contributed by atoms with Crippen LogP contribution < -0.4 is 25.3 Å². The van der Waals surface area contributed by atoms with Gasteiger partial charge in [-0.15, -0.1) is 24.0 Å². The maximum Gasteiger partial charge on any atom is 0.255 e. The van der Waals surface area contributed by atoms with Gasteiger partial charge in [0.25, 0.3) is 5.91 Å². The first-order valence-electron chi connectivity index (χ1n) is 10.2. The molecule has 0 aliphatic carbocycles. The van der Waals surface area contributed by atoms with Gasteiger partial charge in [-0.3, -0.25) is 9.79 Å². The van der Waals surface area contributed by atoms with Crippen molar-refractivity contribution in [2.45, 2.75) is 18.9 Å². The number of halogens is 1. The Morgan fingerprint density at radius 3 is 2.50 bits per heavy atom. The molecule has 1 unspecified atom stereocenters. The van der Waals surface area contributed by atoms with E-state index in [0.717, 1.165) is 42.5 Å². The van der Waals surface area contributed by atoms with Crippen LogP contribution in [0.1, 0.15) is 23.5 Å². The van der Waals surface area contributed by atoms with Crippen LogP contribution in [0.15, 0.2) is 47.5 Å². The Bertz CT molecular complexity index is 916. The molecule has 1 amide bonds. The van der Waals surface area contributed by atoms with Crippen molar-refractivity contribution in [1.29, 1.82) is 0 Å². The van der Waals surface area contributed by atoms with Crippen LogP contribution in [0.5, 0.6) is 17.2 Å². The monoisotopic (exact) mass is 554 g/mol. The summed E-state index contributed by atoms with van der Waals surface area (Å²) in [5.74, 6) is 2.93. The third kappa shape index (κ3) is 6.91. The zero-order chi connectivity index (χ0) is 22.2. The van der Waals surface area contributed by atoms with Gasteiger partial charge in [0.15, 0.2) is 12.6 Å². The number of nitrogens with zero attached hydrogens (tertiary/aromatic N) is 2. The van der Waals surface area contributed by atoms with Crippen LogP contribution in [0.2, 0.25) is 0 Å².